The molecule has 0 spiro atoms. The molecule has 0 bridgehead atoms. The highest BCUT2D eigenvalue weighted by molar-refractivity contribution is 5.63. The fraction of sp³-hybridized carbons (Fsp3) is 0.538. The van der Waals surface area contributed by atoms with Gasteiger partial charge in [0, 0.05) is 19.3 Å². The second-order valence-electron chi connectivity index (χ2n) is 4.95. The summed E-state index contributed by atoms with van der Waals surface area (Å²) in [5.41, 5.74) is 0.797. The first-order valence-electron chi connectivity index (χ1n) is 6.28. The molecule has 19 heavy (non-hydrogen) atoms. The third-order valence-electron chi connectivity index (χ3n) is 3.50. The Bertz CT molecular complexity index is 470. The van der Waals surface area contributed by atoms with E-state index in [-0.39, 0.29) is 12.3 Å². The van der Waals surface area contributed by atoms with Gasteiger partial charge in [-0.05, 0) is 31.4 Å². The van der Waals surface area contributed by atoms with E-state index in [1.807, 2.05) is 13.0 Å². The summed E-state index contributed by atoms with van der Waals surface area (Å²) in [6, 6.07) is 5.05. The molecule has 0 aliphatic carbocycles. The molecular formula is C13H18N2O4. The van der Waals surface area contributed by atoms with Crippen molar-refractivity contribution in [2.45, 2.75) is 25.3 Å². The van der Waals surface area contributed by atoms with Gasteiger partial charge in [-0.15, -0.1) is 0 Å². The molecule has 0 unspecified atom stereocenters. The number of aryl methyl sites for hydroxylation is 1. The third-order valence-corrected chi connectivity index (χ3v) is 3.50. The SMILES string of the molecule is Cc1ccc(NC2(CO)CCOCC2)c([N+](=O)[O-])c1. The van der Waals surface area contributed by atoms with Crippen molar-refractivity contribution in [3.05, 3.63) is 33.9 Å². The molecule has 1 aliphatic rings. The number of aliphatic hydroxyl groups excluding tert-OH is 1. The maximum absolute atomic E-state index is 11.1. The van der Waals surface area contributed by atoms with Crippen molar-refractivity contribution < 1.29 is 14.8 Å². The van der Waals surface area contributed by atoms with Crippen LogP contribution in [0.3, 0.4) is 0 Å². The van der Waals surface area contributed by atoms with Gasteiger partial charge in [0.05, 0.1) is 17.1 Å². The summed E-state index contributed by atoms with van der Waals surface area (Å²) in [4.78, 5) is 10.7. The number of ether oxygens (including phenoxy) is 1. The zero-order chi connectivity index (χ0) is 13.9. The largest absolute Gasteiger partial charge is 0.394 e. The van der Waals surface area contributed by atoms with Crippen LogP contribution in [0, 0.1) is 17.0 Å². The summed E-state index contributed by atoms with van der Waals surface area (Å²) < 4.78 is 5.28. The minimum absolute atomic E-state index is 0.0410. The molecule has 0 atom stereocenters. The Kier molecular flexibility index (Phi) is 4.01. The van der Waals surface area contributed by atoms with Crippen LogP contribution in [0.15, 0.2) is 18.2 Å². The Balaban J connectivity index is 2.28. The predicted octanol–water partition coefficient (Wildman–Crippen LogP) is 1.86. The van der Waals surface area contributed by atoms with Crippen LogP contribution in [0.2, 0.25) is 0 Å². The van der Waals surface area contributed by atoms with Crippen molar-refractivity contribution in [3.63, 3.8) is 0 Å². The minimum atomic E-state index is -0.529. The molecule has 1 aromatic carbocycles. The molecule has 1 aromatic rings. The van der Waals surface area contributed by atoms with Crippen molar-refractivity contribution >= 4 is 11.4 Å². The van der Waals surface area contributed by atoms with Crippen molar-refractivity contribution in [1.82, 2.24) is 0 Å². The van der Waals surface area contributed by atoms with Gasteiger partial charge in [-0.1, -0.05) is 6.07 Å². The number of nitro groups is 1. The molecule has 1 saturated heterocycles. The van der Waals surface area contributed by atoms with Gasteiger partial charge in [0.1, 0.15) is 5.69 Å². The molecule has 1 heterocycles. The zero-order valence-electron chi connectivity index (χ0n) is 10.9. The molecule has 2 rings (SSSR count). The van der Waals surface area contributed by atoms with Crippen LogP contribution in [0.25, 0.3) is 0 Å². The molecule has 0 amide bonds. The van der Waals surface area contributed by atoms with Gasteiger partial charge in [0.2, 0.25) is 0 Å². The highest BCUT2D eigenvalue weighted by Gasteiger charge is 2.33. The van der Waals surface area contributed by atoms with Crippen molar-refractivity contribution in [1.29, 1.82) is 0 Å². The fourth-order valence-corrected chi connectivity index (χ4v) is 2.27. The molecule has 0 radical (unpaired) electrons. The van der Waals surface area contributed by atoms with Gasteiger partial charge >= 0.3 is 0 Å². The van der Waals surface area contributed by atoms with Crippen LogP contribution in [0.1, 0.15) is 18.4 Å². The lowest BCUT2D eigenvalue weighted by molar-refractivity contribution is -0.384. The van der Waals surface area contributed by atoms with E-state index in [2.05, 4.69) is 5.32 Å². The monoisotopic (exact) mass is 266 g/mol. The second kappa shape index (κ2) is 5.54. The number of anilines is 1. The summed E-state index contributed by atoms with van der Waals surface area (Å²) in [6.07, 6.45) is 1.27. The standard InChI is InChI=1S/C13H18N2O4/c1-10-2-3-11(12(8-10)15(17)18)14-13(9-16)4-6-19-7-5-13/h2-3,8,14,16H,4-7,9H2,1H3. The molecule has 6 heteroatoms. The first kappa shape index (κ1) is 13.8. The molecule has 6 nitrogen and oxygen atoms in total. The topological polar surface area (TPSA) is 84.6 Å². The van der Waals surface area contributed by atoms with Crippen molar-refractivity contribution in [2.75, 3.05) is 25.1 Å². The number of nitrogens with one attached hydrogen (secondary N) is 1. The number of nitro benzene ring substituents is 1. The van der Waals surface area contributed by atoms with Crippen LogP contribution in [-0.4, -0.2) is 35.4 Å². The molecule has 1 fully saturated rings. The van der Waals surface area contributed by atoms with Crippen LogP contribution in [0.4, 0.5) is 11.4 Å². The Morgan fingerprint density at radius 3 is 2.74 bits per heavy atom. The van der Waals surface area contributed by atoms with Crippen LogP contribution in [0.5, 0.6) is 0 Å². The smallest absolute Gasteiger partial charge is 0.292 e. The van der Waals surface area contributed by atoms with Crippen LogP contribution < -0.4 is 5.32 Å². The van der Waals surface area contributed by atoms with E-state index in [1.54, 1.807) is 6.07 Å². The maximum Gasteiger partial charge on any atom is 0.292 e. The number of hydrogen-bond donors (Lipinski definition) is 2. The average Bonchev–Trinajstić information content (AvgIpc) is 2.42. The Hall–Kier alpha value is -1.66. The lowest BCUT2D eigenvalue weighted by Crippen LogP contribution is -2.47. The van der Waals surface area contributed by atoms with Gasteiger partial charge in [-0.3, -0.25) is 10.1 Å². The number of rotatable bonds is 4. The zero-order valence-corrected chi connectivity index (χ0v) is 10.9. The normalized spacial score (nSPS) is 18.0. The summed E-state index contributed by atoms with van der Waals surface area (Å²) in [5.74, 6) is 0. The van der Waals surface area contributed by atoms with Crippen LogP contribution in [-0.2, 0) is 4.74 Å². The quantitative estimate of drug-likeness (QED) is 0.641. The predicted molar refractivity (Wildman–Crippen MR) is 71.3 cm³/mol. The summed E-state index contributed by atoms with van der Waals surface area (Å²) in [7, 11) is 0. The highest BCUT2D eigenvalue weighted by atomic mass is 16.6. The lowest BCUT2D eigenvalue weighted by Gasteiger charge is -2.37. The minimum Gasteiger partial charge on any atom is -0.394 e. The fourth-order valence-electron chi connectivity index (χ4n) is 2.27. The number of benzene rings is 1. The Morgan fingerprint density at radius 2 is 2.16 bits per heavy atom. The molecule has 2 N–H and O–H groups in total. The van der Waals surface area contributed by atoms with E-state index in [4.69, 9.17) is 4.74 Å². The molecule has 104 valence electrons. The van der Waals surface area contributed by atoms with Gasteiger partial charge in [-0.2, -0.15) is 0 Å². The van der Waals surface area contributed by atoms with Crippen molar-refractivity contribution in [3.8, 4) is 0 Å². The number of hydrogen-bond acceptors (Lipinski definition) is 5. The van der Waals surface area contributed by atoms with E-state index < -0.39 is 10.5 Å². The first-order chi connectivity index (χ1) is 9.06. The Labute approximate surface area is 111 Å². The highest BCUT2D eigenvalue weighted by Crippen LogP contribution is 2.31. The van der Waals surface area contributed by atoms with E-state index in [9.17, 15) is 15.2 Å². The number of aliphatic hydroxyl groups is 1. The van der Waals surface area contributed by atoms with Gasteiger partial charge in [0.15, 0.2) is 0 Å². The van der Waals surface area contributed by atoms with Crippen LogP contribution >= 0.6 is 0 Å². The molecule has 1 aliphatic heterocycles. The molecule has 0 saturated carbocycles. The van der Waals surface area contributed by atoms with E-state index in [1.165, 1.54) is 6.07 Å². The van der Waals surface area contributed by atoms with Gasteiger partial charge in [0.25, 0.3) is 5.69 Å². The maximum atomic E-state index is 11.1. The molecular weight excluding hydrogens is 248 g/mol. The van der Waals surface area contributed by atoms with E-state index in [0.717, 1.165) is 5.56 Å². The van der Waals surface area contributed by atoms with E-state index in [0.29, 0.717) is 31.7 Å². The first-order valence-corrected chi connectivity index (χ1v) is 6.28. The van der Waals surface area contributed by atoms with Crippen molar-refractivity contribution in [2.24, 2.45) is 0 Å². The van der Waals surface area contributed by atoms with E-state index >= 15 is 0 Å². The van der Waals surface area contributed by atoms with Gasteiger partial charge in [-0.25, -0.2) is 0 Å². The molecule has 0 aromatic heterocycles. The Morgan fingerprint density at radius 1 is 1.47 bits per heavy atom. The summed E-state index contributed by atoms with van der Waals surface area (Å²) in [5, 5.41) is 23.8. The third kappa shape index (κ3) is 3.02. The number of nitrogens with zero attached hydrogens (tertiary/aromatic N) is 1. The van der Waals surface area contributed by atoms with Gasteiger partial charge < -0.3 is 15.2 Å². The summed E-state index contributed by atoms with van der Waals surface area (Å²) >= 11 is 0. The summed E-state index contributed by atoms with van der Waals surface area (Å²) in [6.45, 7) is 2.84. The average molecular weight is 266 g/mol. The second-order valence-corrected chi connectivity index (χ2v) is 4.95. The lowest BCUT2D eigenvalue weighted by atomic mass is 9.90.